The Balaban J connectivity index is 1.54. The first-order valence-electron chi connectivity index (χ1n) is 12.7. The lowest BCUT2D eigenvalue weighted by Gasteiger charge is -2.27. The van der Waals surface area contributed by atoms with E-state index in [1.54, 1.807) is 36.4 Å². The number of halogens is 1. The summed E-state index contributed by atoms with van der Waals surface area (Å²) in [6, 6.07) is 21.3. The molecule has 1 unspecified atom stereocenters. The Bertz CT molecular complexity index is 1200. The molecular weight excluding hydrogens is 487 g/mol. The molecule has 0 saturated carbocycles. The third kappa shape index (κ3) is 7.79. The number of aliphatic hydroxyl groups excluding tert-OH is 1. The first-order valence-corrected chi connectivity index (χ1v) is 12.7. The maximum absolute atomic E-state index is 14.7. The summed E-state index contributed by atoms with van der Waals surface area (Å²) in [5.74, 6) is -0.337. The molecule has 3 rings (SSSR count). The number of carbonyl (C=O) groups is 2. The summed E-state index contributed by atoms with van der Waals surface area (Å²) in [6.07, 6.45) is 0.807. The van der Waals surface area contributed by atoms with E-state index < -0.39 is 24.1 Å². The van der Waals surface area contributed by atoms with Crippen LogP contribution in [0, 0.1) is 5.82 Å². The molecule has 7 nitrogen and oxygen atoms in total. The van der Waals surface area contributed by atoms with Gasteiger partial charge in [0.15, 0.2) is 0 Å². The fourth-order valence-corrected chi connectivity index (χ4v) is 3.65. The average Bonchev–Trinajstić information content (AvgIpc) is 2.93. The van der Waals surface area contributed by atoms with Gasteiger partial charge in [-0.15, -0.1) is 0 Å². The van der Waals surface area contributed by atoms with Crippen molar-refractivity contribution < 1.29 is 28.6 Å². The van der Waals surface area contributed by atoms with Crippen LogP contribution in [0.5, 0.6) is 5.75 Å². The molecule has 2 atom stereocenters. The minimum absolute atomic E-state index is 0.0536. The Morgan fingerprint density at radius 3 is 2.39 bits per heavy atom. The van der Waals surface area contributed by atoms with Gasteiger partial charge in [0.1, 0.15) is 17.1 Å². The molecule has 2 amide bonds. The molecule has 8 heteroatoms. The number of carbonyl (C=O) groups excluding carboxylic acids is 2. The highest BCUT2D eigenvalue weighted by Gasteiger charge is 2.35. The number of benzene rings is 3. The van der Waals surface area contributed by atoms with E-state index in [0.29, 0.717) is 30.0 Å². The van der Waals surface area contributed by atoms with Crippen molar-refractivity contribution in [1.82, 2.24) is 5.32 Å². The molecule has 0 spiro atoms. The van der Waals surface area contributed by atoms with Gasteiger partial charge in [0.05, 0.1) is 19.8 Å². The molecule has 0 bridgehead atoms. The summed E-state index contributed by atoms with van der Waals surface area (Å²) in [5, 5.41) is 14.8. The smallest absolute Gasteiger partial charge is 0.408 e. The third-order valence-corrected chi connectivity index (χ3v) is 6.19. The van der Waals surface area contributed by atoms with Crippen molar-refractivity contribution in [3.63, 3.8) is 0 Å². The molecule has 202 valence electrons. The number of aliphatic hydroxyl groups is 1. The SMILES string of the molecule is CCCCOC(=O)N[C@@](C)(CO)C(=O)Nc1ccc(OCC(C)c2ccc(-c3ccccc3)c(F)c2)cc1. The van der Waals surface area contributed by atoms with Gasteiger partial charge in [-0.3, -0.25) is 4.79 Å². The van der Waals surface area contributed by atoms with Crippen molar-refractivity contribution in [2.45, 2.75) is 45.1 Å². The van der Waals surface area contributed by atoms with Gasteiger partial charge in [-0.2, -0.15) is 0 Å². The summed E-state index contributed by atoms with van der Waals surface area (Å²) >= 11 is 0. The van der Waals surface area contributed by atoms with Crippen molar-refractivity contribution in [3.05, 3.63) is 84.2 Å². The Labute approximate surface area is 223 Å². The predicted octanol–water partition coefficient (Wildman–Crippen LogP) is 5.89. The first kappa shape index (κ1) is 28.7. The number of alkyl carbamates (subject to hydrolysis) is 1. The van der Waals surface area contributed by atoms with Crippen LogP contribution in [-0.4, -0.2) is 42.5 Å². The summed E-state index contributed by atoms with van der Waals surface area (Å²) < 4.78 is 25.6. The van der Waals surface area contributed by atoms with E-state index >= 15 is 0 Å². The molecule has 0 aliphatic heterocycles. The van der Waals surface area contributed by atoms with Gasteiger partial charge in [-0.25, -0.2) is 9.18 Å². The second-order valence-corrected chi connectivity index (χ2v) is 9.40. The highest BCUT2D eigenvalue weighted by atomic mass is 19.1. The van der Waals surface area contributed by atoms with Crippen molar-refractivity contribution in [3.8, 4) is 16.9 Å². The van der Waals surface area contributed by atoms with Crippen LogP contribution in [0.15, 0.2) is 72.8 Å². The van der Waals surface area contributed by atoms with Crippen molar-refractivity contribution in [1.29, 1.82) is 0 Å². The fourth-order valence-electron chi connectivity index (χ4n) is 3.65. The number of anilines is 1. The zero-order valence-corrected chi connectivity index (χ0v) is 22.0. The van der Waals surface area contributed by atoms with Crippen LogP contribution in [0.3, 0.4) is 0 Å². The number of rotatable bonds is 12. The molecule has 3 aromatic carbocycles. The Morgan fingerprint density at radius 1 is 1.05 bits per heavy atom. The van der Waals surface area contributed by atoms with Gasteiger partial charge < -0.3 is 25.2 Å². The standard InChI is InChI=1S/C30H35FN2O5/c1-4-5-17-37-29(36)33-30(3,20-34)28(35)32-24-12-14-25(15-13-24)38-19-21(2)23-11-16-26(27(31)18-23)22-9-7-6-8-10-22/h6-16,18,21,34H,4-5,17,19-20H2,1-3H3,(H,32,35)(H,33,36)/t21?,30-/m0/s1. The van der Waals surface area contributed by atoms with Crippen LogP contribution in [0.1, 0.15) is 45.1 Å². The van der Waals surface area contributed by atoms with E-state index in [1.807, 2.05) is 50.2 Å². The van der Waals surface area contributed by atoms with Crippen LogP contribution >= 0.6 is 0 Å². The predicted molar refractivity (Wildman–Crippen MR) is 146 cm³/mol. The maximum Gasteiger partial charge on any atom is 0.408 e. The average molecular weight is 523 g/mol. The van der Waals surface area contributed by atoms with E-state index in [9.17, 15) is 19.1 Å². The Morgan fingerprint density at radius 2 is 1.76 bits per heavy atom. The van der Waals surface area contributed by atoms with Crippen molar-refractivity contribution in [2.24, 2.45) is 0 Å². The zero-order chi connectivity index (χ0) is 27.5. The van der Waals surface area contributed by atoms with Gasteiger partial charge in [0.25, 0.3) is 5.91 Å². The molecule has 0 radical (unpaired) electrons. The van der Waals surface area contributed by atoms with Crippen molar-refractivity contribution >= 4 is 17.7 Å². The lowest BCUT2D eigenvalue weighted by atomic mass is 9.97. The van der Waals surface area contributed by atoms with Crippen LogP contribution < -0.4 is 15.4 Å². The minimum Gasteiger partial charge on any atom is -0.493 e. The van der Waals surface area contributed by atoms with Gasteiger partial charge >= 0.3 is 6.09 Å². The van der Waals surface area contributed by atoms with Gasteiger partial charge in [0.2, 0.25) is 0 Å². The highest BCUT2D eigenvalue weighted by Crippen LogP contribution is 2.27. The number of hydrogen-bond donors (Lipinski definition) is 3. The lowest BCUT2D eigenvalue weighted by molar-refractivity contribution is -0.123. The molecule has 0 aromatic heterocycles. The monoisotopic (exact) mass is 522 g/mol. The lowest BCUT2D eigenvalue weighted by Crippen LogP contribution is -2.57. The largest absolute Gasteiger partial charge is 0.493 e. The van der Waals surface area contributed by atoms with E-state index in [1.165, 1.54) is 6.92 Å². The third-order valence-electron chi connectivity index (χ3n) is 6.19. The fraction of sp³-hybridized carbons (Fsp3) is 0.333. The molecule has 0 aliphatic rings. The molecule has 3 N–H and O–H groups in total. The van der Waals surface area contributed by atoms with Crippen LogP contribution in [0.4, 0.5) is 14.9 Å². The Hall–Kier alpha value is -3.91. The van der Waals surface area contributed by atoms with Gasteiger partial charge in [-0.05, 0) is 54.8 Å². The number of amides is 2. The van der Waals surface area contributed by atoms with E-state index in [-0.39, 0.29) is 18.3 Å². The molecule has 38 heavy (non-hydrogen) atoms. The molecular formula is C30H35FN2O5. The van der Waals surface area contributed by atoms with Gasteiger partial charge in [0, 0.05) is 17.2 Å². The molecule has 0 fully saturated rings. The molecule has 0 heterocycles. The molecule has 3 aromatic rings. The molecule has 0 saturated heterocycles. The van der Waals surface area contributed by atoms with E-state index in [4.69, 9.17) is 9.47 Å². The second kappa shape index (κ2) is 13.6. The second-order valence-electron chi connectivity index (χ2n) is 9.40. The van der Waals surface area contributed by atoms with Gasteiger partial charge in [-0.1, -0.05) is 62.7 Å². The quantitative estimate of drug-likeness (QED) is 0.258. The van der Waals surface area contributed by atoms with Crippen LogP contribution in [0.25, 0.3) is 11.1 Å². The maximum atomic E-state index is 14.7. The summed E-state index contributed by atoms with van der Waals surface area (Å²) in [5.41, 5.74) is 1.12. The summed E-state index contributed by atoms with van der Waals surface area (Å²) in [6.45, 7) is 5.31. The summed E-state index contributed by atoms with van der Waals surface area (Å²) in [7, 11) is 0. The first-order chi connectivity index (χ1) is 18.3. The normalized spacial score (nSPS) is 13.2. The van der Waals surface area contributed by atoms with Crippen LogP contribution in [0.2, 0.25) is 0 Å². The summed E-state index contributed by atoms with van der Waals surface area (Å²) in [4.78, 5) is 24.7. The number of nitrogens with one attached hydrogen (secondary N) is 2. The van der Waals surface area contributed by atoms with E-state index in [0.717, 1.165) is 17.5 Å². The van der Waals surface area contributed by atoms with E-state index in [2.05, 4.69) is 10.6 Å². The highest BCUT2D eigenvalue weighted by molar-refractivity contribution is 5.99. The zero-order valence-electron chi connectivity index (χ0n) is 22.0. The number of unbranched alkanes of at least 4 members (excludes halogenated alkanes) is 1. The number of ether oxygens (including phenoxy) is 2. The van der Waals surface area contributed by atoms with Crippen LogP contribution in [-0.2, 0) is 9.53 Å². The topological polar surface area (TPSA) is 96.9 Å². The molecule has 0 aliphatic carbocycles. The Kier molecular flexibility index (Phi) is 10.2. The number of hydrogen-bond acceptors (Lipinski definition) is 5. The van der Waals surface area contributed by atoms with Crippen molar-refractivity contribution in [2.75, 3.05) is 25.1 Å². The minimum atomic E-state index is -1.56.